The van der Waals surface area contributed by atoms with E-state index in [0.29, 0.717) is 24.5 Å². The first-order valence-corrected chi connectivity index (χ1v) is 7.83. The van der Waals surface area contributed by atoms with Gasteiger partial charge in [0.15, 0.2) is 0 Å². The maximum atomic E-state index is 5.83. The van der Waals surface area contributed by atoms with E-state index < -0.39 is 0 Å². The molecule has 114 valence electrons. The van der Waals surface area contributed by atoms with Crippen molar-refractivity contribution in [3.63, 3.8) is 0 Å². The average molecular weight is 280 g/mol. The fraction of sp³-hybridized carbons (Fsp3) is 0.867. The molecule has 1 saturated carbocycles. The normalized spacial score (nSPS) is 17.4. The van der Waals surface area contributed by atoms with Gasteiger partial charge in [-0.05, 0) is 40.5 Å². The summed E-state index contributed by atoms with van der Waals surface area (Å²) in [5, 5.41) is 11.8. The summed E-state index contributed by atoms with van der Waals surface area (Å²) in [6.07, 6.45) is 6.47. The molecule has 0 spiro atoms. The second kappa shape index (κ2) is 6.57. The molecule has 20 heavy (non-hydrogen) atoms. The highest BCUT2D eigenvalue weighted by atomic mass is 16.4. The number of hydrogen-bond donors (Lipinski definition) is 1. The SMILES string of the molecule is CCN(c1nnc(CNC(C)(C)C)o1)C1CCCCC1. The third-order valence-electron chi connectivity index (χ3n) is 3.83. The Balaban J connectivity index is 1.98. The monoisotopic (exact) mass is 280 g/mol. The van der Waals surface area contributed by atoms with Gasteiger partial charge >= 0.3 is 6.01 Å². The van der Waals surface area contributed by atoms with Crippen LogP contribution in [0.2, 0.25) is 0 Å². The van der Waals surface area contributed by atoms with E-state index in [2.05, 4.69) is 48.1 Å². The lowest BCUT2D eigenvalue weighted by Gasteiger charge is -2.31. The molecule has 0 atom stereocenters. The van der Waals surface area contributed by atoms with Crippen molar-refractivity contribution in [2.75, 3.05) is 11.4 Å². The van der Waals surface area contributed by atoms with Gasteiger partial charge in [0.25, 0.3) is 0 Å². The molecule has 1 N–H and O–H groups in total. The number of hydrogen-bond acceptors (Lipinski definition) is 5. The Morgan fingerprint density at radius 1 is 1.20 bits per heavy atom. The molecular weight excluding hydrogens is 252 g/mol. The Bertz CT molecular complexity index is 404. The molecule has 1 aliphatic carbocycles. The Morgan fingerprint density at radius 2 is 1.90 bits per heavy atom. The predicted octanol–water partition coefficient (Wildman–Crippen LogP) is 3.12. The fourth-order valence-corrected chi connectivity index (χ4v) is 2.72. The van der Waals surface area contributed by atoms with Gasteiger partial charge in [0.05, 0.1) is 6.54 Å². The van der Waals surface area contributed by atoms with Crippen molar-refractivity contribution in [2.24, 2.45) is 0 Å². The van der Waals surface area contributed by atoms with Crippen molar-refractivity contribution >= 4 is 6.01 Å². The van der Waals surface area contributed by atoms with E-state index in [4.69, 9.17) is 4.42 Å². The van der Waals surface area contributed by atoms with Crippen LogP contribution < -0.4 is 10.2 Å². The Kier molecular flexibility index (Phi) is 5.02. The minimum Gasteiger partial charge on any atom is -0.407 e. The zero-order valence-electron chi connectivity index (χ0n) is 13.3. The molecule has 0 bridgehead atoms. The molecule has 1 aromatic heterocycles. The van der Waals surface area contributed by atoms with Crippen molar-refractivity contribution in [1.29, 1.82) is 0 Å². The second-order valence-electron chi connectivity index (χ2n) is 6.66. The van der Waals surface area contributed by atoms with E-state index in [9.17, 15) is 0 Å². The number of nitrogens with zero attached hydrogens (tertiary/aromatic N) is 3. The summed E-state index contributed by atoms with van der Waals surface area (Å²) in [7, 11) is 0. The van der Waals surface area contributed by atoms with Gasteiger partial charge in [0.2, 0.25) is 5.89 Å². The average Bonchev–Trinajstić information content (AvgIpc) is 2.87. The van der Waals surface area contributed by atoms with Crippen molar-refractivity contribution in [3.8, 4) is 0 Å². The molecule has 1 heterocycles. The number of nitrogens with one attached hydrogen (secondary N) is 1. The quantitative estimate of drug-likeness (QED) is 0.898. The summed E-state index contributed by atoms with van der Waals surface area (Å²) in [4.78, 5) is 2.27. The lowest BCUT2D eigenvalue weighted by Crippen LogP contribution is -2.37. The first-order chi connectivity index (χ1) is 9.49. The molecule has 0 saturated heterocycles. The summed E-state index contributed by atoms with van der Waals surface area (Å²) >= 11 is 0. The molecular formula is C15H28N4O. The third kappa shape index (κ3) is 4.20. The Morgan fingerprint density at radius 3 is 2.50 bits per heavy atom. The minimum atomic E-state index is 0.0580. The Labute approximate surface area is 122 Å². The largest absolute Gasteiger partial charge is 0.407 e. The number of aromatic nitrogens is 2. The number of anilines is 1. The van der Waals surface area contributed by atoms with Crippen LogP contribution >= 0.6 is 0 Å². The van der Waals surface area contributed by atoms with Crippen LogP contribution in [0.1, 0.15) is 65.7 Å². The molecule has 2 rings (SSSR count). The molecule has 1 aromatic rings. The van der Waals surface area contributed by atoms with Gasteiger partial charge in [-0.2, -0.15) is 0 Å². The minimum absolute atomic E-state index is 0.0580. The topological polar surface area (TPSA) is 54.2 Å². The van der Waals surface area contributed by atoms with Gasteiger partial charge in [0, 0.05) is 18.1 Å². The molecule has 0 unspecified atom stereocenters. The van der Waals surface area contributed by atoms with E-state index >= 15 is 0 Å². The van der Waals surface area contributed by atoms with Crippen LogP contribution in [0.25, 0.3) is 0 Å². The van der Waals surface area contributed by atoms with Gasteiger partial charge in [-0.1, -0.05) is 24.4 Å². The van der Waals surface area contributed by atoms with Crippen molar-refractivity contribution in [3.05, 3.63) is 5.89 Å². The summed E-state index contributed by atoms with van der Waals surface area (Å²) in [6.45, 7) is 10.1. The van der Waals surface area contributed by atoms with E-state index in [1.165, 1.54) is 32.1 Å². The zero-order valence-corrected chi connectivity index (χ0v) is 13.3. The molecule has 1 fully saturated rings. The van der Waals surface area contributed by atoms with Crippen LogP contribution in [0.5, 0.6) is 0 Å². The Hall–Kier alpha value is -1.10. The van der Waals surface area contributed by atoms with Crippen LogP contribution in [0.4, 0.5) is 6.01 Å². The highest BCUT2D eigenvalue weighted by Crippen LogP contribution is 2.26. The highest BCUT2D eigenvalue weighted by Gasteiger charge is 2.24. The van der Waals surface area contributed by atoms with E-state index in [-0.39, 0.29) is 5.54 Å². The molecule has 5 heteroatoms. The summed E-state index contributed by atoms with van der Waals surface area (Å²) < 4.78 is 5.83. The maximum Gasteiger partial charge on any atom is 0.318 e. The molecule has 0 aromatic carbocycles. The van der Waals surface area contributed by atoms with Crippen LogP contribution in [0, 0.1) is 0 Å². The molecule has 1 aliphatic rings. The lowest BCUT2D eigenvalue weighted by atomic mass is 9.94. The van der Waals surface area contributed by atoms with Crippen molar-refractivity contribution < 1.29 is 4.42 Å². The van der Waals surface area contributed by atoms with Crippen LogP contribution in [0.15, 0.2) is 4.42 Å². The fourth-order valence-electron chi connectivity index (χ4n) is 2.72. The second-order valence-corrected chi connectivity index (χ2v) is 6.66. The summed E-state index contributed by atoms with van der Waals surface area (Å²) in [5.74, 6) is 0.671. The number of rotatable bonds is 5. The van der Waals surface area contributed by atoms with Crippen LogP contribution in [-0.4, -0.2) is 28.3 Å². The van der Waals surface area contributed by atoms with Gasteiger partial charge in [-0.25, -0.2) is 0 Å². The smallest absolute Gasteiger partial charge is 0.318 e. The zero-order chi connectivity index (χ0) is 14.6. The van der Waals surface area contributed by atoms with Gasteiger partial charge < -0.3 is 14.6 Å². The first-order valence-electron chi connectivity index (χ1n) is 7.83. The van der Waals surface area contributed by atoms with Gasteiger partial charge in [0.1, 0.15) is 0 Å². The molecule has 0 radical (unpaired) electrons. The first kappa shape index (κ1) is 15.3. The molecule has 5 nitrogen and oxygen atoms in total. The van der Waals surface area contributed by atoms with Gasteiger partial charge in [-0.3, -0.25) is 0 Å². The molecule has 0 aliphatic heterocycles. The third-order valence-corrected chi connectivity index (χ3v) is 3.83. The highest BCUT2D eigenvalue weighted by molar-refractivity contribution is 5.26. The van der Waals surface area contributed by atoms with Gasteiger partial charge in [-0.15, -0.1) is 5.10 Å². The molecule has 0 amide bonds. The van der Waals surface area contributed by atoms with E-state index in [0.717, 1.165) is 6.54 Å². The summed E-state index contributed by atoms with van der Waals surface area (Å²) in [6, 6.07) is 1.25. The standard InChI is InChI=1S/C15H28N4O/c1-5-19(12-9-7-6-8-10-12)14-18-17-13(20-14)11-16-15(2,3)4/h12,16H,5-11H2,1-4H3. The van der Waals surface area contributed by atoms with Crippen molar-refractivity contribution in [1.82, 2.24) is 15.5 Å². The van der Waals surface area contributed by atoms with E-state index in [1.807, 2.05) is 0 Å². The maximum absolute atomic E-state index is 5.83. The van der Waals surface area contributed by atoms with Crippen LogP contribution in [0.3, 0.4) is 0 Å². The summed E-state index contributed by atoms with van der Waals surface area (Å²) in [5.41, 5.74) is 0.0580. The predicted molar refractivity (Wildman–Crippen MR) is 80.8 cm³/mol. The van der Waals surface area contributed by atoms with E-state index in [1.54, 1.807) is 0 Å². The lowest BCUT2D eigenvalue weighted by molar-refractivity contribution is 0.365. The van der Waals surface area contributed by atoms with Crippen molar-refractivity contribution in [2.45, 2.75) is 77.9 Å². The van der Waals surface area contributed by atoms with Crippen LogP contribution in [-0.2, 0) is 6.54 Å².